The van der Waals surface area contributed by atoms with Gasteiger partial charge in [0, 0.05) is 35.6 Å². The van der Waals surface area contributed by atoms with Gasteiger partial charge in [-0.25, -0.2) is 0 Å². The van der Waals surface area contributed by atoms with Gasteiger partial charge in [-0.3, -0.25) is 9.48 Å². The van der Waals surface area contributed by atoms with Crippen LogP contribution in [0.25, 0.3) is 11.3 Å². The number of piperidine rings is 1. The summed E-state index contributed by atoms with van der Waals surface area (Å²) in [6.45, 7) is 8.80. The van der Waals surface area contributed by atoms with Crippen LogP contribution in [-0.4, -0.2) is 32.3 Å². The summed E-state index contributed by atoms with van der Waals surface area (Å²) in [6.07, 6.45) is 4.98. The first-order valence-electron chi connectivity index (χ1n) is 9.71. The van der Waals surface area contributed by atoms with Crippen LogP contribution in [0.3, 0.4) is 0 Å². The zero-order valence-corrected chi connectivity index (χ0v) is 17.9. The third-order valence-electron chi connectivity index (χ3n) is 5.85. The van der Waals surface area contributed by atoms with E-state index in [1.807, 2.05) is 44.3 Å². The van der Waals surface area contributed by atoms with Crippen LogP contribution in [0.2, 0.25) is 0 Å². The number of carbonyl (C=O) groups excluding carboxylic acids is 1. The third-order valence-corrected chi connectivity index (χ3v) is 6.87. The summed E-state index contributed by atoms with van der Waals surface area (Å²) in [7, 11) is 1.91. The fourth-order valence-electron chi connectivity index (χ4n) is 3.93. The lowest BCUT2D eigenvalue weighted by molar-refractivity contribution is 0.0605. The third kappa shape index (κ3) is 3.07. The first-order valence-corrected chi connectivity index (χ1v) is 10.6. The number of hydrogen-bond acceptors (Lipinski definition) is 5. The average Bonchev–Trinajstić information content (AvgIpc) is 3.33. The number of hydrogen-bond donors (Lipinski definition) is 0. The Balaban J connectivity index is 1.76. The molecule has 0 aromatic carbocycles. The van der Waals surface area contributed by atoms with Crippen molar-refractivity contribution in [2.24, 2.45) is 7.05 Å². The highest BCUT2D eigenvalue weighted by molar-refractivity contribution is 7.10. The molecule has 3 aromatic heterocycles. The van der Waals surface area contributed by atoms with Crippen LogP contribution in [0.4, 0.5) is 0 Å². The smallest absolute Gasteiger partial charge is 0.255 e. The number of aryl methyl sites for hydroxylation is 3. The van der Waals surface area contributed by atoms with Crippen molar-refractivity contribution in [1.82, 2.24) is 19.8 Å². The molecule has 28 heavy (non-hydrogen) atoms. The van der Waals surface area contributed by atoms with E-state index in [9.17, 15) is 4.79 Å². The Morgan fingerprint density at radius 2 is 2.00 bits per heavy atom. The first-order chi connectivity index (χ1) is 13.4. The molecule has 1 atom stereocenters. The molecule has 0 spiro atoms. The predicted octanol–water partition coefficient (Wildman–Crippen LogP) is 4.74. The van der Waals surface area contributed by atoms with E-state index in [0.717, 1.165) is 65.2 Å². The molecule has 1 aliphatic heterocycles. The van der Waals surface area contributed by atoms with Gasteiger partial charge < -0.3 is 9.42 Å². The van der Waals surface area contributed by atoms with Crippen LogP contribution in [0.15, 0.2) is 16.1 Å². The van der Waals surface area contributed by atoms with E-state index < -0.39 is 0 Å². The van der Waals surface area contributed by atoms with Crippen LogP contribution in [-0.2, 0) is 7.05 Å². The Kier molecular flexibility index (Phi) is 4.87. The van der Waals surface area contributed by atoms with E-state index in [2.05, 4.69) is 12.1 Å². The van der Waals surface area contributed by atoms with Gasteiger partial charge in [0.25, 0.3) is 5.91 Å². The van der Waals surface area contributed by atoms with Crippen molar-refractivity contribution in [3.05, 3.63) is 44.5 Å². The second kappa shape index (κ2) is 7.20. The molecule has 3 aromatic rings. The lowest BCUT2D eigenvalue weighted by atomic mass is 9.94. The van der Waals surface area contributed by atoms with Gasteiger partial charge in [-0.1, -0.05) is 5.16 Å². The van der Waals surface area contributed by atoms with E-state index in [-0.39, 0.29) is 11.9 Å². The molecule has 1 fully saturated rings. The first kappa shape index (κ1) is 18.9. The van der Waals surface area contributed by atoms with Gasteiger partial charge in [-0.2, -0.15) is 5.10 Å². The van der Waals surface area contributed by atoms with E-state index in [1.165, 1.54) is 4.88 Å². The highest BCUT2D eigenvalue weighted by Gasteiger charge is 2.34. The Morgan fingerprint density at radius 1 is 1.21 bits per heavy atom. The molecule has 148 valence electrons. The standard InChI is InChI=1S/C21H26N4O2S/c1-12-14(3)23-27-20(12)16-10-24(5)22-19(16)18-8-6-7-9-25(18)21(26)17-11-28-15(4)13(17)2/h10-11,18H,6-9H2,1-5H3/t18-/m0/s1. The summed E-state index contributed by atoms with van der Waals surface area (Å²) < 4.78 is 7.43. The maximum Gasteiger partial charge on any atom is 0.255 e. The summed E-state index contributed by atoms with van der Waals surface area (Å²) in [6, 6.07) is -0.0538. The zero-order chi connectivity index (χ0) is 20.0. The number of amides is 1. The van der Waals surface area contributed by atoms with E-state index in [1.54, 1.807) is 16.0 Å². The van der Waals surface area contributed by atoms with Crippen LogP contribution in [0, 0.1) is 27.7 Å². The minimum Gasteiger partial charge on any atom is -0.356 e. The van der Waals surface area contributed by atoms with Crippen molar-refractivity contribution < 1.29 is 9.32 Å². The van der Waals surface area contributed by atoms with Crippen LogP contribution in [0.5, 0.6) is 0 Å². The second-order valence-electron chi connectivity index (χ2n) is 7.66. The van der Waals surface area contributed by atoms with Crippen LogP contribution < -0.4 is 0 Å². The maximum atomic E-state index is 13.4. The Bertz CT molecular complexity index is 1030. The molecule has 6 nitrogen and oxygen atoms in total. The van der Waals surface area contributed by atoms with E-state index in [0.29, 0.717) is 0 Å². The van der Waals surface area contributed by atoms with Crippen molar-refractivity contribution in [2.45, 2.75) is 53.0 Å². The molecular weight excluding hydrogens is 372 g/mol. The Hall–Kier alpha value is -2.41. The van der Waals surface area contributed by atoms with Gasteiger partial charge in [0.05, 0.1) is 28.6 Å². The fraction of sp³-hybridized carbons (Fsp3) is 0.476. The van der Waals surface area contributed by atoms with Gasteiger partial charge in [-0.15, -0.1) is 11.3 Å². The zero-order valence-electron chi connectivity index (χ0n) is 17.1. The second-order valence-corrected chi connectivity index (χ2v) is 8.75. The minimum absolute atomic E-state index is 0.0538. The normalized spacial score (nSPS) is 17.3. The molecular formula is C21H26N4O2S. The number of aromatic nitrogens is 3. The van der Waals surface area contributed by atoms with E-state index in [4.69, 9.17) is 9.62 Å². The fourth-order valence-corrected chi connectivity index (χ4v) is 4.79. The van der Waals surface area contributed by atoms with Crippen molar-refractivity contribution in [3.8, 4) is 11.3 Å². The summed E-state index contributed by atoms with van der Waals surface area (Å²) >= 11 is 1.64. The Morgan fingerprint density at radius 3 is 2.64 bits per heavy atom. The van der Waals surface area contributed by atoms with Gasteiger partial charge in [0.15, 0.2) is 5.76 Å². The Labute approximate surface area is 169 Å². The molecule has 4 rings (SSSR count). The number of carbonyl (C=O) groups is 1. The molecule has 0 bridgehead atoms. The topological polar surface area (TPSA) is 64.2 Å². The van der Waals surface area contributed by atoms with Gasteiger partial charge in [0.1, 0.15) is 0 Å². The molecule has 0 N–H and O–H groups in total. The molecule has 0 aliphatic carbocycles. The molecule has 7 heteroatoms. The lowest BCUT2D eigenvalue weighted by Gasteiger charge is -2.35. The quantitative estimate of drug-likeness (QED) is 0.639. The molecule has 0 saturated carbocycles. The van der Waals surface area contributed by atoms with Crippen LogP contribution in [0.1, 0.15) is 63.1 Å². The highest BCUT2D eigenvalue weighted by Crippen LogP contribution is 2.38. The number of thiophene rings is 1. The molecule has 0 radical (unpaired) electrons. The molecule has 1 amide bonds. The van der Waals surface area contributed by atoms with Gasteiger partial charge in [0.2, 0.25) is 0 Å². The number of likely N-dealkylation sites (tertiary alicyclic amines) is 1. The largest absolute Gasteiger partial charge is 0.356 e. The van der Waals surface area contributed by atoms with Crippen molar-refractivity contribution in [1.29, 1.82) is 0 Å². The maximum absolute atomic E-state index is 13.4. The van der Waals surface area contributed by atoms with Crippen molar-refractivity contribution in [2.75, 3.05) is 6.54 Å². The van der Waals surface area contributed by atoms with Crippen LogP contribution >= 0.6 is 11.3 Å². The van der Waals surface area contributed by atoms with Crippen molar-refractivity contribution in [3.63, 3.8) is 0 Å². The predicted molar refractivity (Wildman–Crippen MR) is 110 cm³/mol. The highest BCUT2D eigenvalue weighted by atomic mass is 32.1. The summed E-state index contributed by atoms with van der Waals surface area (Å²) in [5.74, 6) is 0.856. The molecule has 4 heterocycles. The summed E-state index contributed by atoms with van der Waals surface area (Å²) in [4.78, 5) is 16.6. The number of nitrogens with zero attached hydrogens (tertiary/aromatic N) is 4. The monoisotopic (exact) mass is 398 g/mol. The lowest BCUT2D eigenvalue weighted by Crippen LogP contribution is -2.39. The van der Waals surface area contributed by atoms with Crippen molar-refractivity contribution >= 4 is 17.2 Å². The molecule has 1 aliphatic rings. The summed E-state index contributed by atoms with van der Waals surface area (Å²) in [5.41, 5.74) is 5.64. The van der Waals surface area contributed by atoms with E-state index >= 15 is 0 Å². The molecule has 0 unspecified atom stereocenters. The summed E-state index contributed by atoms with van der Waals surface area (Å²) in [5, 5.41) is 10.9. The average molecular weight is 399 g/mol. The van der Waals surface area contributed by atoms with Gasteiger partial charge in [-0.05, 0) is 52.5 Å². The minimum atomic E-state index is -0.0538. The number of rotatable bonds is 3. The molecule has 1 saturated heterocycles. The SMILES string of the molecule is Cc1noc(-c2cn(C)nc2[C@@H]2CCCCN2C(=O)c2csc(C)c2C)c1C. The van der Waals surface area contributed by atoms with Gasteiger partial charge >= 0.3 is 0 Å².